The molecule has 108 valence electrons. The Morgan fingerprint density at radius 1 is 1.19 bits per heavy atom. The Morgan fingerprint density at radius 3 is 2.67 bits per heavy atom. The Kier molecular flexibility index (Phi) is 4.72. The molecule has 2 aromatic rings. The van der Waals surface area contributed by atoms with E-state index in [9.17, 15) is 9.59 Å². The van der Waals surface area contributed by atoms with Crippen LogP contribution in [-0.2, 0) is 6.54 Å². The molecule has 0 bridgehead atoms. The first-order chi connectivity index (χ1) is 9.97. The number of halogens is 2. The summed E-state index contributed by atoms with van der Waals surface area (Å²) in [6.45, 7) is 0.205. The van der Waals surface area contributed by atoms with Gasteiger partial charge < -0.3 is 11.1 Å². The first-order valence-corrected chi connectivity index (χ1v) is 6.58. The summed E-state index contributed by atoms with van der Waals surface area (Å²) in [6.07, 6.45) is 0. The number of rotatable bonds is 4. The molecule has 1 aromatic heterocycles. The summed E-state index contributed by atoms with van der Waals surface area (Å²) in [6, 6.07) is 7.96. The van der Waals surface area contributed by atoms with Gasteiger partial charge in [-0.15, -0.1) is 10.2 Å². The standard InChI is InChI=1S/C13H10Cl2N4O2/c14-10-5-9(11(15)19-18-10)13(21)17-6-7-2-1-3-8(4-7)12(16)20/h1-5H,6H2,(H2,16,20)(H,17,21). The molecule has 0 atom stereocenters. The smallest absolute Gasteiger partial charge is 0.254 e. The van der Waals surface area contributed by atoms with Crippen LogP contribution in [0.3, 0.4) is 0 Å². The van der Waals surface area contributed by atoms with Crippen molar-refractivity contribution in [2.75, 3.05) is 0 Å². The van der Waals surface area contributed by atoms with Gasteiger partial charge in [0.2, 0.25) is 5.91 Å². The lowest BCUT2D eigenvalue weighted by atomic mass is 10.1. The quantitative estimate of drug-likeness (QED) is 0.896. The molecule has 1 heterocycles. The molecule has 0 aliphatic rings. The van der Waals surface area contributed by atoms with Crippen molar-refractivity contribution >= 4 is 35.0 Å². The Hall–Kier alpha value is -2.18. The second-order valence-corrected chi connectivity index (χ2v) is 4.86. The third-order valence-electron chi connectivity index (χ3n) is 2.63. The van der Waals surface area contributed by atoms with Gasteiger partial charge in [0.25, 0.3) is 5.91 Å². The van der Waals surface area contributed by atoms with Crippen LogP contribution in [0.5, 0.6) is 0 Å². The molecule has 0 aliphatic heterocycles. The van der Waals surface area contributed by atoms with E-state index in [1.54, 1.807) is 24.3 Å². The van der Waals surface area contributed by atoms with E-state index in [0.29, 0.717) is 5.56 Å². The maximum atomic E-state index is 12.0. The summed E-state index contributed by atoms with van der Waals surface area (Å²) in [5.74, 6) is -0.974. The molecule has 0 fully saturated rings. The van der Waals surface area contributed by atoms with E-state index < -0.39 is 11.8 Å². The lowest BCUT2D eigenvalue weighted by Crippen LogP contribution is -2.24. The van der Waals surface area contributed by atoms with Crippen molar-refractivity contribution in [2.45, 2.75) is 6.54 Å². The van der Waals surface area contributed by atoms with Crippen LogP contribution < -0.4 is 11.1 Å². The normalized spacial score (nSPS) is 10.2. The van der Waals surface area contributed by atoms with Gasteiger partial charge in [-0.1, -0.05) is 35.3 Å². The van der Waals surface area contributed by atoms with Crippen molar-refractivity contribution in [3.8, 4) is 0 Å². The summed E-state index contributed by atoms with van der Waals surface area (Å²) in [5, 5.41) is 9.75. The van der Waals surface area contributed by atoms with Gasteiger partial charge in [-0.05, 0) is 23.8 Å². The molecule has 1 aromatic carbocycles. The second-order valence-electron chi connectivity index (χ2n) is 4.12. The monoisotopic (exact) mass is 324 g/mol. The topological polar surface area (TPSA) is 98.0 Å². The SMILES string of the molecule is NC(=O)c1cccc(CNC(=O)c2cc(Cl)nnc2Cl)c1. The van der Waals surface area contributed by atoms with Crippen LogP contribution in [0.15, 0.2) is 30.3 Å². The van der Waals surface area contributed by atoms with Crippen molar-refractivity contribution in [1.29, 1.82) is 0 Å². The molecule has 3 N–H and O–H groups in total. The van der Waals surface area contributed by atoms with Crippen LogP contribution in [0.2, 0.25) is 10.3 Å². The van der Waals surface area contributed by atoms with Crippen LogP contribution in [0.1, 0.15) is 26.3 Å². The van der Waals surface area contributed by atoms with Crippen molar-refractivity contribution in [2.24, 2.45) is 5.73 Å². The summed E-state index contributed by atoms with van der Waals surface area (Å²) in [7, 11) is 0. The lowest BCUT2D eigenvalue weighted by molar-refractivity contribution is 0.0950. The highest BCUT2D eigenvalue weighted by atomic mass is 35.5. The third kappa shape index (κ3) is 3.90. The van der Waals surface area contributed by atoms with Gasteiger partial charge >= 0.3 is 0 Å². The molecular weight excluding hydrogens is 315 g/mol. The lowest BCUT2D eigenvalue weighted by Gasteiger charge is -2.07. The number of nitrogens with two attached hydrogens (primary N) is 1. The van der Waals surface area contributed by atoms with Crippen LogP contribution in [-0.4, -0.2) is 22.0 Å². The molecule has 0 spiro atoms. The highest BCUT2D eigenvalue weighted by Crippen LogP contribution is 2.15. The van der Waals surface area contributed by atoms with E-state index in [0.717, 1.165) is 5.56 Å². The van der Waals surface area contributed by atoms with Gasteiger partial charge in [-0.25, -0.2) is 0 Å². The van der Waals surface area contributed by atoms with E-state index in [-0.39, 0.29) is 22.4 Å². The van der Waals surface area contributed by atoms with E-state index in [1.807, 2.05) is 0 Å². The molecule has 2 rings (SSSR count). The number of hydrogen-bond donors (Lipinski definition) is 2. The Balaban J connectivity index is 2.09. The fourth-order valence-corrected chi connectivity index (χ4v) is 1.95. The van der Waals surface area contributed by atoms with Crippen LogP contribution in [0, 0.1) is 0 Å². The number of benzene rings is 1. The molecule has 21 heavy (non-hydrogen) atoms. The number of carbonyl (C=O) groups is 2. The minimum absolute atomic E-state index is 0.0391. The van der Waals surface area contributed by atoms with Gasteiger partial charge in [0, 0.05) is 12.1 Å². The fourth-order valence-electron chi connectivity index (χ4n) is 1.62. The predicted octanol–water partition coefficient (Wildman–Crippen LogP) is 1.81. The zero-order valence-corrected chi connectivity index (χ0v) is 12.1. The number of carbonyl (C=O) groups excluding carboxylic acids is 2. The van der Waals surface area contributed by atoms with Crippen molar-refractivity contribution in [1.82, 2.24) is 15.5 Å². The van der Waals surface area contributed by atoms with Crippen molar-refractivity contribution in [3.63, 3.8) is 0 Å². The molecule has 6 nitrogen and oxygen atoms in total. The molecule has 0 saturated carbocycles. The average molecular weight is 325 g/mol. The number of amides is 2. The summed E-state index contributed by atoms with van der Waals surface area (Å²) < 4.78 is 0. The maximum absolute atomic E-state index is 12.0. The molecule has 8 heteroatoms. The molecule has 0 unspecified atom stereocenters. The molecule has 0 saturated heterocycles. The number of nitrogens with zero attached hydrogens (tertiary/aromatic N) is 2. The molecular formula is C13H10Cl2N4O2. The number of hydrogen-bond acceptors (Lipinski definition) is 4. The van der Waals surface area contributed by atoms with Crippen molar-refractivity contribution < 1.29 is 9.59 Å². The minimum atomic E-state index is -0.531. The predicted molar refractivity (Wildman–Crippen MR) is 78.2 cm³/mol. The molecule has 0 aliphatic carbocycles. The van der Waals surface area contributed by atoms with E-state index >= 15 is 0 Å². The zero-order chi connectivity index (χ0) is 15.4. The minimum Gasteiger partial charge on any atom is -0.366 e. The highest BCUT2D eigenvalue weighted by molar-refractivity contribution is 6.34. The van der Waals surface area contributed by atoms with Gasteiger partial charge in [0.05, 0.1) is 5.56 Å². The summed E-state index contributed by atoms with van der Waals surface area (Å²) in [4.78, 5) is 23.1. The van der Waals surface area contributed by atoms with Gasteiger partial charge in [0.1, 0.15) is 0 Å². The largest absolute Gasteiger partial charge is 0.366 e. The Bertz CT molecular complexity index is 706. The van der Waals surface area contributed by atoms with Gasteiger partial charge in [-0.3, -0.25) is 9.59 Å². The fraction of sp³-hybridized carbons (Fsp3) is 0.0769. The van der Waals surface area contributed by atoms with Crippen molar-refractivity contribution in [3.05, 3.63) is 57.3 Å². The third-order valence-corrected chi connectivity index (χ3v) is 3.09. The van der Waals surface area contributed by atoms with E-state index in [4.69, 9.17) is 28.9 Å². The molecule has 0 radical (unpaired) electrons. The number of primary amides is 1. The summed E-state index contributed by atoms with van der Waals surface area (Å²) in [5.41, 5.74) is 6.41. The van der Waals surface area contributed by atoms with E-state index in [2.05, 4.69) is 15.5 Å². The van der Waals surface area contributed by atoms with Crippen LogP contribution >= 0.6 is 23.2 Å². The zero-order valence-electron chi connectivity index (χ0n) is 10.6. The first kappa shape index (κ1) is 15.2. The maximum Gasteiger partial charge on any atom is 0.254 e. The number of aromatic nitrogens is 2. The van der Waals surface area contributed by atoms with Gasteiger partial charge in [-0.2, -0.15) is 0 Å². The molecule has 2 amide bonds. The first-order valence-electron chi connectivity index (χ1n) is 5.83. The van der Waals surface area contributed by atoms with Crippen LogP contribution in [0.4, 0.5) is 0 Å². The summed E-state index contributed by atoms with van der Waals surface area (Å²) >= 11 is 11.5. The highest BCUT2D eigenvalue weighted by Gasteiger charge is 2.13. The van der Waals surface area contributed by atoms with E-state index in [1.165, 1.54) is 6.07 Å². The van der Waals surface area contributed by atoms with Crippen LogP contribution in [0.25, 0.3) is 0 Å². The van der Waals surface area contributed by atoms with Gasteiger partial charge in [0.15, 0.2) is 10.3 Å². The Labute approximate surface area is 130 Å². The average Bonchev–Trinajstić information content (AvgIpc) is 2.47. The number of nitrogens with one attached hydrogen (secondary N) is 1. The Morgan fingerprint density at radius 2 is 1.95 bits per heavy atom. The second kappa shape index (κ2) is 6.51.